The summed E-state index contributed by atoms with van der Waals surface area (Å²) in [4.78, 5) is 11.0. The number of esters is 1. The van der Waals surface area contributed by atoms with Crippen LogP contribution in [0.15, 0.2) is 0 Å². The fourth-order valence-electron chi connectivity index (χ4n) is 0.675. The van der Waals surface area contributed by atoms with Crippen molar-refractivity contribution in [3.63, 3.8) is 0 Å². The number of ether oxygens (including phenoxy) is 1. The van der Waals surface area contributed by atoms with Gasteiger partial charge in [-0.05, 0) is 13.8 Å². The van der Waals surface area contributed by atoms with Crippen molar-refractivity contribution in [1.29, 1.82) is 10.5 Å². The number of hydrogen-bond donors (Lipinski definition) is 0. The van der Waals surface area contributed by atoms with Crippen LogP contribution >= 0.6 is 0 Å². The number of hydrogen-bond acceptors (Lipinski definition) is 4. The second-order valence-corrected chi connectivity index (χ2v) is 2.28. The predicted octanol–water partition coefficient (Wildman–Crippen LogP) is 0.849. The van der Waals surface area contributed by atoms with Crippen molar-refractivity contribution in [2.75, 3.05) is 6.61 Å². The molecule has 0 amide bonds. The Morgan fingerprint density at radius 2 is 2.08 bits per heavy atom. The first-order valence-electron chi connectivity index (χ1n) is 3.63. The summed E-state index contributed by atoms with van der Waals surface area (Å²) in [5.41, 5.74) is 0. The average Bonchev–Trinajstić information content (AvgIpc) is 2.06. The minimum absolute atomic E-state index is 0.231. The number of carbonyl (C=O) groups is 1. The molecule has 0 heterocycles. The van der Waals surface area contributed by atoms with Gasteiger partial charge in [0, 0.05) is 0 Å². The minimum atomic E-state index is -0.963. The summed E-state index contributed by atoms with van der Waals surface area (Å²) in [7, 11) is 0. The first kappa shape index (κ1) is 10.4. The molecule has 0 spiro atoms. The standard InChI is InChI=1S/C8H10N2O2/c1-3-12-8(11)7(5-10)6(2)4-9/h6-7H,3H2,1-2H3. The first-order valence-corrected chi connectivity index (χ1v) is 3.63. The Balaban J connectivity index is 4.29. The highest BCUT2D eigenvalue weighted by Gasteiger charge is 2.25. The Morgan fingerprint density at radius 3 is 2.42 bits per heavy atom. The van der Waals surface area contributed by atoms with Crippen LogP contribution in [-0.2, 0) is 9.53 Å². The molecule has 0 aromatic heterocycles. The molecule has 4 heteroatoms. The highest BCUT2D eigenvalue weighted by atomic mass is 16.5. The van der Waals surface area contributed by atoms with Gasteiger partial charge in [-0.25, -0.2) is 0 Å². The third-order valence-electron chi connectivity index (χ3n) is 1.38. The van der Waals surface area contributed by atoms with Crippen LogP contribution in [0.25, 0.3) is 0 Å². The van der Waals surface area contributed by atoms with Gasteiger partial charge in [0.05, 0.1) is 24.7 Å². The van der Waals surface area contributed by atoms with Gasteiger partial charge in [0.25, 0.3) is 0 Å². The Labute approximate surface area is 71.4 Å². The van der Waals surface area contributed by atoms with E-state index in [0.717, 1.165) is 0 Å². The molecule has 0 aliphatic heterocycles. The summed E-state index contributed by atoms with van der Waals surface area (Å²) >= 11 is 0. The van der Waals surface area contributed by atoms with E-state index < -0.39 is 17.8 Å². The average molecular weight is 166 g/mol. The van der Waals surface area contributed by atoms with Crippen LogP contribution in [0.4, 0.5) is 0 Å². The van der Waals surface area contributed by atoms with Crippen LogP contribution in [0.5, 0.6) is 0 Å². The lowest BCUT2D eigenvalue weighted by Crippen LogP contribution is -2.21. The second kappa shape index (κ2) is 5.15. The largest absolute Gasteiger partial charge is 0.465 e. The summed E-state index contributed by atoms with van der Waals surface area (Å²) in [6, 6.07) is 3.57. The molecule has 0 saturated heterocycles. The molecule has 0 rings (SSSR count). The van der Waals surface area contributed by atoms with Crippen LogP contribution in [0.1, 0.15) is 13.8 Å². The third-order valence-corrected chi connectivity index (χ3v) is 1.38. The van der Waals surface area contributed by atoms with Crippen LogP contribution < -0.4 is 0 Å². The van der Waals surface area contributed by atoms with Crippen molar-refractivity contribution < 1.29 is 9.53 Å². The van der Waals surface area contributed by atoms with Crippen molar-refractivity contribution in [2.24, 2.45) is 11.8 Å². The van der Waals surface area contributed by atoms with E-state index in [4.69, 9.17) is 10.5 Å². The van der Waals surface area contributed by atoms with Gasteiger partial charge < -0.3 is 4.74 Å². The maximum atomic E-state index is 11.0. The van der Waals surface area contributed by atoms with Crippen LogP contribution in [0.2, 0.25) is 0 Å². The first-order chi connectivity index (χ1) is 5.67. The minimum Gasteiger partial charge on any atom is -0.465 e. The number of rotatable bonds is 3. The van der Waals surface area contributed by atoms with Crippen LogP contribution in [-0.4, -0.2) is 12.6 Å². The Bertz CT molecular complexity index is 236. The maximum absolute atomic E-state index is 11.0. The van der Waals surface area contributed by atoms with Gasteiger partial charge in [-0.2, -0.15) is 10.5 Å². The summed E-state index contributed by atoms with van der Waals surface area (Å²) < 4.78 is 4.61. The second-order valence-electron chi connectivity index (χ2n) is 2.28. The van der Waals surface area contributed by atoms with Gasteiger partial charge in [0.15, 0.2) is 5.92 Å². The highest BCUT2D eigenvalue weighted by Crippen LogP contribution is 2.11. The van der Waals surface area contributed by atoms with Crippen molar-refractivity contribution in [1.82, 2.24) is 0 Å². The topological polar surface area (TPSA) is 73.9 Å². The Morgan fingerprint density at radius 1 is 1.50 bits per heavy atom. The quantitative estimate of drug-likeness (QED) is 0.582. The van der Waals surface area contributed by atoms with Gasteiger partial charge in [0.2, 0.25) is 0 Å². The number of nitrogens with zero attached hydrogens (tertiary/aromatic N) is 2. The molecule has 64 valence electrons. The molecule has 2 atom stereocenters. The molecule has 0 bridgehead atoms. The molecule has 0 aromatic rings. The molecule has 0 radical (unpaired) electrons. The zero-order valence-electron chi connectivity index (χ0n) is 7.07. The van der Waals surface area contributed by atoms with E-state index in [2.05, 4.69) is 4.74 Å². The fourth-order valence-corrected chi connectivity index (χ4v) is 0.675. The van der Waals surface area contributed by atoms with Gasteiger partial charge in [0.1, 0.15) is 0 Å². The monoisotopic (exact) mass is 166 g/mol. The molecule has 0 aliphatic rings. The zero-order chi connectivity index (χ0) is 9.56. The maximum Gasteiger partial charge on any atom is 0.324 e. The van der Waals surface area contributed by atoms with Gasteiger partial charge in [-0.3, -0.25) is 4.79 Å². The molecule has 2 unspecified atom stereocenters. The molecular formula is C8H10N2O2. The number of carbonyl (C=O) groups excluding carboxylic acids is 1. The van der Waals surface area contributed by atoms with Crippen LogP contribution in [0.3, 0.4) is 0 Å². The molecule has 0 fully saturated rings. The van der Waals surface area contributed by atoms with E-state index in [-0.39, 0.29) is 6.61 Å². The van der Waals surface area contributed by atoms with Gasteiger partial charge in [-0.15, -0.1) is 0 Å². The van der Waals surface area contributed by atoms with Gasteiger partial charge >= 0.3 is 5.97 Å². The molecule has 0 N–H and O–H groups in total. The Hall–Kier alpha value is -1.55. The van der Waals surface area contributed by atoms with Crippen molar-refractivity contribution in [3.8, 4) is 12.1 Å². The molecule has 0 aromatic carbocycles. The lowest BCUT2D eigenvalue weighted by atomic mass is 9.97. The smallest absolute Gasteiger partial charge is 0.324 e. The van der Waals surface area contributed by atoms with Crippen LogP contribution in [0, 0.1) is 34.5 Å². The SMILES string of the molecule is CCOC(=O)C(C#N)C(C)C#N. The van der Waals surface area contributed by atoms with Crippen molar-refractivity contribution in [2.45, 2.75) is 13.8 Å². The molecule has 12 heavy (non-hydrogen) atoms. The van der Waals surface area contributed by atoms with E-state index in [0.29, 0.717) is 0 Å². The summed E-state index contributed by atoms with van der Waals surface area (Å²) in [6.45, 7) is 3.41. The normalized spacial score (nSPS) is 13.7. The lowest BCUT2D eigenvalue weighted by molar-refractivity contribution is -0.146. The van der Waals surface area contributed by atoms with Gasteiger partial charge in [-0.1, -0.05) is 0 Å². The highest BCUT2D eigenvalue weighted by molar-refractivity contribution is 5.75. The van der Waals surface area contributed by atoms with E-state index in [1.54, 1.807) is 13.0 Å². The zero-order valence-corrected chi connectivity index (χ0v) is 7.07. The molecular weight excluding hydrogens is 156 g/mol. The Kier molecular flexibility index (Phi) is 4.48. The van der Waals surface area contributed by atoms with E-state index in [9.17, 15) is 4.79 Å². The molecule has 0 saturated carbocycles. The third kappa shape index (κ3) is 2.59. The van der Waals surface area contributed by atoms with E-state index >= 15 is 0 Å². The fraction of sp³-hybridized carbons (Fsp3) is 0.625. The lowest BCUT2D eigenvalue weighted by Gasteiger charge is -2.08. The summed E-state index contributed by atoms with van der Waals surface area (Å²) in [5, 5.41) is 17.0. The molecule has 4 nitrogen and oxygen atoms in total. The molecule has 0 aliphatic carbocycles. The van der Waals surface area contributed by atoms with E-state index in [1.165, 1.54) is 6.92 Å². The number of nitriles is 2. The summed E-state index contributed by atoms with van der Waals surface area (Å²) in [6.07, 6.45) is 0. The predicted molar refractivity (Wildman–Crippen MR) is 40.5 cm³/mol. The van der Waals surface area contributed by atoms with Crippen molar-refractivity contribution in [3.05, 3.63) is 0 Å². The van der Waals surface area contributed by atoms with Crippen molar-refractivity contribution >= 4 is 5.97 Å². The summed E-state index contributed by atoms with van der Waals surface area (Å²) in [5.74, 6) is -2.20. The van der Waals surface area contributed by atoms with E-state index in [1.807, 2.05) is 6.07 Å².